The van der Waals surface area contributed by atoms with E-state index in [2.05, 4.69) is 15.4 Å². The van der Waals surface area contributed by atoms with Crippen LogP contribution in [0.15, 0.2) is 35.7 Å². The second-order valence-corrected chi connectivity index (χ2v) is 4.96. The monoisotopic (exact) mass is 288 g/mol. The number of benzene rings is 1. The summed E-state index contributed by atoms with van der Waals surface area (Å²) in [7, 11) is 0. The largest absolute Gasteiger partial charge is 0.437 e. The maximum Gasteiger partial charge on any atom is 0.242 e. The van der Waals surface area contributed by atoms with Crippen molar-refractivity contribution >= 4 is 27.5 Å². The van der Waals surface area contributed by atoms with Crippen LogP contribution in [0.3, 0.4) is 0 Å². The van der Waals surface area contributed by atoms with Crippen LogP contribution in [-0.4, -0.2) is 15.1 Å². The molecule has 3 rings (SSSR count). The number of nitrogens with two attached hydrogens (primary N) is 1. The highest BCUT2D eigenvalue weighted by atomic mass is 32.1. The van der Waals surface area contributed by atoms with Crippen LogP contribution in [0.1, 0.15) is 5.56 Å². The minimum atomic E-state index is -0.0367. The summed E-state index contributed by atoms with van der Waals surface area (Å²) in [5, 5.41) is 11.1. The van der Waals surface area contributed by atoms with Crippen LogP contribution in [0.4, 0.5) is 5.95 Å². The van der Waals surface area contributed by atoms with Gasteiger partial charge in [-0.05, 0) is 29.1 Å². The molecule has 6 nitrogen and oxygen atoms in total. The van der Waals surface area contributed by atoms with E-state index in [9.17, 15) is 0 Å². The first-order chi connectivity index (χ1) is 9.80. The molecule has 7 heteroatoms. The lowest BCUT2D eigenvalue weighted by Crippen LogP contribution is -2.10. The molecule has 0 aliphatic rings. The van der Waals surface area contributed by atoms with Crippen LogP contribution < -0.4 is 16.0 Å². The van der Waals surface area contributed by atoms with E-state index in [4.69, 9.17) is 15.7 Å². The van der Waals surface area contributed by atoms with Gasteiger partial charge in [-0.3, -0.25) is 5.43 Å². The van der Waals surface area contributed by atoms with Gasteiger partial charge in [0.25, 0.3) is 0 Å². The third kappa shape index (κ3) is 2.42. The number of rotatable bonds is 4. The number of hydrogen-bond acceptors (Lipinski definition) is 7. The first-order valence-electron chi connectivity index (χ1n) is 5.89. The number of hydrazine groups is 1. The number of nitrogens with zero attached hydrogens (tertiary/aromatic N) is 2. The summed E-state index contributed by atoms with van der Waals surface area (Å²) < 4.78 is 6.63. The van der Waals surface area contributed by atoms with Crippen LogP contribution in [0.5, 0.6) is 11.6 Å². The summed E-state index contributed by atoms with van der Waals surface area (Å²) in [5.74, 6) is 6.70. The van der Waals surface area contributed by atoms with E-state index in [0.717, 1.165) is 15.8 Å². The number of hydrogen-bond donors (Lipinski definition) is 3. The smallest absolute Gasteiger partial charge is 0.242 e. The quantitative estimate of drug-likeness (QED) is 0.503. The van der Waals surface area contributed by atoms with Gasteiger partial charge in [0.2, 0.25) is 11.8 Å². The van der Waals surface area contributed by atoms with E-state index in [1.54, 1.807) is 12.1 Å². The van der Waals surface area contributed by atoms with Crippen LogP contribution in [0.2, 0.25) is 0 Å². The molecule has 0 amide bonds. The second-order valence-electron chi connectivity index (χ2n) is 4.04. The molecule has 2 heterocycles. The van der Waals surface area contributed by atoms with Gasteiger partial charge < -0.3 is 9.84 Å². The Bertz CT molecular complexity index is 744. The molecule has 0 saturated heterocycles. The zero-order chi connectivity index (χ0) is 13.9. The molecule has 0 radical (unpaired) electrons. The van der Waals surface area contributed by atoms with Gasteiger partial charge in [0.05, 0.1) is 12.1 Å². The predicted molar refractivity (Wildman–Crippen MR) is 77.7 cm³/mol. The van der Waals surface area contributed by atoms with E-state index in [1.807, 2.05) is 23.6 Å². The molecule has 0 bridgehead atoms. The summed E-state index contributed by atoms with van der Waals surface area (Å²) in [6.45, 7) is -0.0367. The molecule has 1 aromatic carbocycles. The number of nitrogen functional groups attached to an aromatic ring is 1. The normalized spacial score (nSPS) is 10.7. The standard InChI is InChI=1S/C13H12N4O2S/c14-17-13-15-10-4-5-20-11(10)12(16-13)19-9-3-1-2-8(6-9)7-18/h1-6,18H,7,14H2,(H,15,16,17). The number of ether oxygens (including phenoxy) is 1. The zero-order valence-corrected chi connectivity index (χ0v) is 11.2. The van der Waals surface area contributed by atoms with Crippen molar-refractivity contribution in [2.24, 2.45) is 5.84 Å². The number of aliphatic hydroxyl groups excluding tert-OH is 1. The highest BCUT2D eigenvalue weighted by Gasteiger charge is 2.11. The molecule has 20 heavy (non-hydrogen) atoms. The zero-order valence-electron chi connectivity index (χ0n) is 10.4. The second kappa shape index (κ2) is 5.41. The highest BCUT2D eigenvalue weighted by Crippen LogP contribution is 2.32. The molecule has 3 aromatic rings. The first-order valence-corrected chi connectivity index (χ1v) is 6.77. The van der Waals surface area contributed by atoms with E-state index in [-0.39, 0.29) is 6.61 Å². The Labute approximate surface area is 118 Å². The fourth-order valence-corrected chi connectivity index (χ4v) is 2.54. The molecule has 4 N–H and O–H groups in total. The molecular formula is C13H12N4O2S. The van der Waals surface area contributed by atoms with Crippen molar-refractivity contribution in [3.05, 3.63) is 41.3 Å². The van der Waals surface area contributed by atoms with Crippen LogP contribution in [0.25, 0.3) is 10.2 Å². The summed E-state index contributed by atoms with van der Waals surface area (Å²) in [4.78, 5) is 8.45. The molecule has 2 aromatic heterocycles. The summed E-state index contributed by atoms with van der Waals surface area (Å²) in [5.41, 5.74) is 3.96. The Hall–Kier alpha value is -2.22. The predicted octanol–water partition coefficient (Wildman–Crippen LogP) is 2.26. The van der Waals surface area contributed by atoms with Crippen molar-refractivity contribution in [1.82, 2.24) is 9.97 Å². The van der Waals surface area contributed by atoms with Crippen molar-refractivity contribution in [1.29, 1.82) is 0 Å². The number of anilines is 1. The minimum absolute atomic E-state index is 0.0367. The fraction of sp³-hybridized carbons (Fsp3) is 0.0769. The summed E-state index contributed by atoms with van der Waals surface area (Å²) in [6, 6.07) is 9.07. The van der Waals surface area contributed by atoms with Crippen molar-refractivity contribution in [2.75, 3.05) is 5.43 Å². The van der Waals surface area contributed by atoms with Gasteiger partial charge in [-0.1, -0.05) is 12.1 Å². The first kappa shape index (κ1) is 12.8. The van der Waals surface area contributed by atoms with Gasteiger partial charge in [-0.25, -0.2) is 10.8 Å². The van der Waals surface area contributed by atoms with Crippen molar-refractivity contribution < 1.29 is 9.84 Å². The topological polar surface area (TPSA) is 93.3 Å². The third-order valence-corrected chi connectivity index (χ3v) is 3.59. The van der Waals surface area contributed by atoms with E-state index < -0.39 is 0 Å². The van der Waals surface area contributed by atoms with Crippen LogP contribution in [0, 0.1) is 0 Å². The number of thiophene rings is 1. The summed E-state index contributed by atoms with van der Waals surface area (Å²) >= 11 is 1.49. The van der Waals surface area contributed by atoms with Gasteiger partial charge in [-0.2, -0.15) is 4.98 Å². The van der Waals surface area contributed by atoms with Gasteiger partial charge >= 0.3 is 0 Å². The molecule has 102 valence electrons. The molecule has 0 saturated carbocycles. The maximum absolute atomic E-state index is 9.14. The van der Waals surface area contributed by atoms with Crippen molar-refractivity contribution in [3.8, 4) is 11.6 Å². The lowest BCUT2D eigenvalue weighted by molar-refractivity contribution is 0.281. The molecule has 0 unspecified atom stereocenters. The van der Waals surface area contributed by atoms with Gasteiger partial charge in [-0.15, -0.1) is 11.3 Å². The van der Waals surface area contributed by atoms with Crippen molar-refractivity contribution in [2.45, 2.75) is 6.61 Å². The average Bonchev–Trinajstić information content (AvgIpc) is 2.96. The average molecular weight is 288 g/mol. The summed E-state index contributed by atoms with van der Waals surface area (Å²) in [6.07, 6.45) is 0. The van der Waals surface area contributed by atoms with Crippen LogP contribution in [-0.2, 0) is 6.61 Å². The van der Waals surface area contributed by atoms with E-state index in [0.29, 0.717) is 17.6 Å². The number of aliphatic hydroxyl groups is 1. The Morgan fingerprint density at radius 2 is 2.20 bits per heavy atom. The maximum atomic E-state index is 9.14. The van der Waals surface area contributed by atoms with E-state index in [1.165, 1.54) is 11.3 Å². The Balaban J connectivity index is 2.02. The van der Waals surface area contributed by atoms with Crippen LogP contribution >= 0.6 is 11.3 Å². The van der Waals surface area contributed by atoms with Crippen molar-refractivity contribution in [3.63, 3.8) is 0 Å². The Morgan fingerprint density at radius 3 is 3.00 bits per heavy atom. The third-order valence-electron chi connectivity index (χ3n) is 2.70. The van der Waals surface area contributed by atoms with E-state index >= 15 is 0 Å². The lowest BCUT2D eigenvalue weighted by atomic mass is 10.2. The molecule has 0 aliphatic carbocycles. The fourth-order valence-electron chi connectivity index (χ4n) is 1.79. The Morgan fingerprint density at radius 1 is 1.30 bits per heavy atom. The minimum Gasteiger partial charge on any atom is -0.437 e. The number of nitrogens with one attached hydrogen (secondary N) is 1. The van der Waals surface area contributed by atoms with Gasteiger partial charge in [0.1, 0.15) is 10.4 Å². The van der Waals surface area contributed by atoms with Gasteiger partial charge in [0, 0.05) is 0 Å². The molecule has 0 spiro atoms. The molecule has 0 aliphatic heterocycles. The number of fused-ring (bicyclic) bond motifs is 1. The lowest BCUT2D eigenvalue weighted by Gasteiger charge is -2.08. The van der Waals surface area contributed by atoms with Gasteiger partial charge in [0.15, 0.2) is 0 Å². The SMILES string of the molecule is NNc1nc(Oc2cccc(CO)c2)c2sccc2n1. The molecular weight excluding hydrogens is 276 g/mol. The highest BCUT2D eigenvalue weighted by molar-refractivity contribution is 7.17. The molecule has 0 atom stereocenters. The number of aromatic nitrogens is 2. The Kier molecular flexibility index (Phi) is 3.46. The molecule has 0 fully saturated rings.